The maximum atomic E-state index is 11.8. The van der Waals surface area contributed by atoms with Gasteiger partial charge in [0.15, 0.2) is 5.82 Å². The minimum absolute atomic E-state index is 0.106. The maximum absolute atomic E-state index is 11.8. The fourth-order valence-corrected chi connectivity index (χ4v) is 1.81. The van der Waals surface area contributed by atoms with Gasteiger partial charge in [0.1, 0.15) is 12.0 Å². The fraction of sp³-hybridized carbons (Fsp3) is 0.0909. The molecule has 0 bridgehead atoms. The molecule has 0 spiro atoms. The van der Waals surface area contributed by atoms with Crippen molar-refractivity contribution in [2.45, 2.75) is 0 Å². The second kappa shape index (κ2) is 6.24. The predicted octanol–water partition coefficient (Wildman–Crippen LogP) is 1.54. The number of nitrogens with one attached hydrogen (secondary N) is 1. The molecule has 0 amide bonds. The Morgan fingerprint density at radius 3 is 2.62 bits per heavy atom. The number of anilines is 1. The molecule has 2 aromatic rings. The zero-order valence-corrected chi connectivity index (χ0v) is 11.6. The lowest BCUT2D eigenvalue weighted by Gasteiger charge is -2.04. The first kappa shape index (κ1) is 14.8. The highest BCUT2D eigenvalue weighted by Crippen LogP contribution is 2.17. The monoisotopic (exact) mass is 310 g/mol. The molecule has 0 saturated heterocycles. The molecule has 0 aliphatic heterocycles. The molecule has 2 rings (SSSR count). The van der Waals surface area contributed by atoms with E-state index in [2.05, 4.69) is 9.82 Å². The molecule has 0 aliphatic carbocycles. The number of hydrogen-bond acceptors (Lipinski definition) is 7. The molecule has 1 heterocycles. The Hall–Kier alpha value is -2.59. The topological polar surface area (TPSA) is 122 Å². The van der Waals surface area contributed by atoms with Crippen LogP contribution >= 0.6 is 0 Å². The van der Waals surface area contributed by atoms with Crippen LogP contribution in [0.25, 0.3) is 0 Å². The highest BCUT2D eigenvalue weighted by molar-refractivity contribution is 7.92. The number of carbonyl (C=O) groups is 1. The van der Waals surface area contributed by atoms with Gasteiger partial charge in [-0.2, -0.15) is 9.40 Å². The highest BCUT2D eigenvalue weighted by Gasteiger charge is 2.12. The van der Waals surface area contributed by atoms with Gasteiger partial charge in [-0.15, -0.1) is 5.10 Å². The Morgan fingerprint density at radius 2 is 2.05 bits per heavy atom. The summed E-state index contributed by atoms with van der Waals surface area (Å²) in [6, 6.07) is 6.51. The van der Waals surface area contributed by atoms with Crippen LogP contribution in [0.3, 0.4) is 0 Å². The van der Waals surface area contributed by atoms with Crippen LogP contribution in [0.2, 0.25) is 0 Å². The van der Waals surface area contributed by atoms with Crippen LogP contribution in [0.15, 0.2) is 36.5 Å². The van der Waals surface area contributed by atoms with Crippen LogP contribution in [0.5, 0.6) is 5.75 Å². The SMILES string of the molecule is C[S+]([O-])Nc1ccn(C(=O)Oc2ccc([N+](=O)[O-])cc2)n1. The van der Waals surface area contributed by atoms with Crippen LogP contribution in [-0.4, -0.2) is 31.6 Å². The largest absolute Gasteiger partial charge is 0.593 e. The number of nitrogens with zero attached hydrogens (tertiary/aromatic N) is 3. The Bertz CT molecular complexity index is 655. The van der Waals surface area contributed by atoms with Gasteiger partial charge < -0.3 is 9.29 Å². The van der Waals surface area contributed by atoms with Gasteiger partial charge in [-0.3, -0.25) is 10.1 Å². The van der Waals surface area contributed by atoms with Crippen LogP contribution in [0, 0.1) is 10.1 Å². The summed E-state index contributed by atoms with van der Waals surface area (Å²) in [5.74, 6) is 0.408. The molecule has 110 valence electrons. The normalized spacial score (nSPS) is 11.7. The van der Waals surface area contributed by atoms with Crippen molar-refractivity contribution in [3.05, 3.63) is 46.6 Å². The molecule has 0 saturated carbocycles. The van der Waals surface area contributed by atoms with Crippen molar-refractivity contribution in [3.8, 4) is 5.75 Å². The summed E-state index contributed by atoms with van der Waals surface area (Å²) in [5, 5.41) is 14.3. The summed E-state index contributed by atoms with van der Waals surface area (Å²) in [4.78, 5) is 21.7. The van der Waals surface area contributed by atoms with E-state index in [0.29, 0.717) is 0 Å². The summed E-state index contributed by atoms with van der Waals surface area (Å²) in [6.07, 6.45) is 1.97. The zero-order valence-electron chi connectivity index (χ0n) is 10.8. The Kier molecular flexibility index (Phi) is 4.40. The van der Waals surface area contributed by atoms with Crippen molar-refractivity contribution in [2.24, 2.45) is 0 Å². The summed E-state index contributed by atoms with van der Waals surface area (Å²) in [7, 11) is 0. The number of hydrogen-bond donors (Lipinski definition) is 1. The van der Waals surface area contributed by atoms with E-state index in [4.69, 9.17) is 4.74 Å². The minimum Gasteiger partial charge on any atom is -0.593 e. The van der Waals surface area contributed by atoms with Crippen LogP contribution in [0.1, 0.15) is 0 Å². The minimum atomic E-state index is -1.30. The standard InChI is InChI=1S/C11H10N4O5S/c1-21(19)13-10-6-7-14(12-10)11(16)20-9-4-2-8(3-5-9)15(17)18/h2-7H,1H3,(H,12,13). The molecular weight excluding hydrogens is 300 g/mol. The van der Waals surface area contributed by atoms with Crippen molar-refractivity contribution < 1.29 is 19.0 Å². The average molecular weight is 310 g/mol. The number of nitro groups is 1. The van der Waals surface area contributed by atoms with E-state index in [-0.39, 0.29) is 17.3 Å². The van der Waals surface area contributed by atoms with Gasteiger partial charge in [-0.1, -0.05) is 0 Å². The predicted molar refractivity (Wildman–Crippen MR) is 74.4 cm³/mol. The van der Waals surface area contributed by atoms with Crippen molar-refractivity contribution in [3.63, 3.8) is 0 Å². The molecule has 9 nitrogen and oxygen atoms in total. The molecule has 0 radical (unpaired) electrons. The lowest BCUT2D eigenvalue weighted by Crippen LogP contribution is -2.18. The van der Waals surface area contributed by atoms with Crippen LogP contribution in [0.4, 0.5) is 16.3 Å². The van der Waals surface area contributed by atoms with E-state index in [0.717, 1.165) is 4.68 Å². The highest BCUT2D eigenvalue weighted by atomic mass is 32.2. The quantitative estimate of drug-likeness (QED) is 0.516. The first-order chi connectivity index (χ1) is 9.95. The summed E-state index contributed by atoms with van der Waals surface area (Å²) >= 11 is -1.30. The third kappa shape index (κ3) is 3.94. The second-order valence-corrected chi connectivity index (χ2v) is 4.93. The number of ether oxygens (including phenoxy) is 1. The van der Waals surface area contributed by atoms with Crippen molar-refractivity contribution in [1.29, 1.82) is 0 Å². The molecule has 21 heavy (non-hydrogen) atoms. The van der Waals surface area contributed by atoms with Gasteiger partial charge in [0.2, 0.25) is 0 Å². The molecule has 1 N–H and O–H groups in total. The third-order valence-electron chi connectivity index (χ3n) is 2.28. The Labute approximate surface area is 122 Å². The Morgan fingerprint density at radius 1 is 1.38 bits per heavy atom. The molecule has 1 aromatic carbocycles. The van der Waals surface area contributed by atoms with E-state index < -0.39 is 22.4 Å². The molecule has 1 unspecified atom stereocenters. The summed E-state index contributed by atoms with van der Waals surface area (Å²) in [6.45, 7) is 0. The van der Waals surface area contributed by atoms with Crippen molar-refractivity contribution in [2.75, 3.05) is 11.0 Å². The number of carbonyl (C=O) groups excluding carboxylic acids is 1. The summed E-state index contributed by atoms with van der Waals surface area (Å²) < 4.78 is 19.4. The van der Waals surface area contributed by atoms with Gasteiger partial charge in [0.05, 0.1) is 16.3 Å². The number of aromatic nitrogens is 2. The van der Waals surface area contributed by atoms with E-state index in [9.17, 15) is 19.5 Å². The number of rotatable bonds is 4. The van der Waals surface area contributed by atoms with Gasteiger partial charge in [-0.25, -0.2) is 4.79 Å². The Balaban J connectivity index is 2.03. The van der Waals surface area contributed by atoms with E-state index in [1.807, 2.05) is 0 Å². The third-order valence-corrected chi connectivity index (χ3v) is 2.77. The smallest absolute Gasteiger partial charge is 0.440 e. The molecule has 1 aromatic heterocycles. The molecule has 10 heteroatoms. The number of non-ortho nitro benzene ring substituents is 1. The number of benzene rings is 1. The fourth-order valence-electron chi connectivity index (χ4n) is 1.41. The summed E-state index contributed by atoms with van der Waals surface area (Å²) in [5.41, 5.74) is -0.106. The number of nitro benzene ring substituents is 1. The van der Waals surface area contributed by atoms with Gasteiger partial charge in [0.25, 0.3) is 5.69 Å². The van der Waals surface area contributed by atoms with Gasteiger partial charge in [0, 0.05) is 24.4 Å². The second-order valence-electron chi connectivity index (χ2n) is 3.82. The van der Waals surface area contributed by atoms with Gasteiger partial charge in [-0.05, 0) is 12.1 Å². The zero-order chi connectivity index (χ0) is 15.4. The molecule has 1 atom stereocenters. The first-order valence-electron chi connectivity index (χ1n) is 5.58. The van der Waals surface area contributed by atoms with Crippen molar-refractivity contribution >= 4 is 29.0 Å². The van der Waals surface area contributed by atoms with E-state index in [1.54, 1.807) is 0 Å². The van der Waals surface area contributed by atoms with E-state index >= 15 is 0 Å². The van der Waals surface area contributed by atoms with Crippen LogP contribution in [-0.2, 0) is 11.4 Å². The molecule has 0 fully saturated rings. The van der Waals surface area contributed by atoms with Crippen molar-refractivity contribution in [1.82, 2.24) is 9.78 Å². The average Bonchev–Trinajstić information content (AvgIpc) is 2.87. The lowest BCUT2D eigenvalue weighted by atomic mass is 10.3. The first-order valence-corrected chi connectivity index (χ1v) is 7.14. The molecular formula is C11H10N4O5S. The maximum Gasteiger partial charge on any atom is 0.440 e. The lowest BCUT2D eigenvalue weighted by molar-refractivity contribution is -0.384. The van der Waals surface area contributed by atoms with E-state index in [1.165, 1.54) is 42.8 Å². The molecule has 0 aliphatic rings. The van der Waals surface area contributed by atoms with Gasteiger partial charge >= 0.3 is 6.09 Å². The van der Waals surface area contributed by atoms with Crippen LogP contribution < -0.4 is 9.46 Å².